The molecule has 0 fully saturated rings. The molecule has 1 N–H and O–H groups in total. The van der Waals surface area contributed by atoms with E-state index in [0.29, 0.717) is 5.75 Å². The van der Waals surface area contributed by atoms with Gasteiger partial charge in [0.25, 0.3) is 0 Å². The third kappa shape index (κ3) is 2.99. The molecule has 0 aliphatic carbocycles. The van der Waals surface area contributed by atoms with Crippen LogP contribution in [0.5, 0.6) is 5.75 Å². The lowest BCUT2D eigenvalue weighted by Crippen LogP contribution is -1.87. The van der Waals surface area contributed by atoms with E-state index in [2.05, 4.69) is 20.9 Å². The summed E-state index contributed by atoms with van der Waals surface area (Å²) in [4.78, 5) is 4.35. The molecule has 0 aromatic heterocycles. The third-order valence-electron chi connectivity index (χ3n) is 2.65. The Morgan fingerprint density at radius 3 is 2.44 bits per heavy atom. The van der Waals surface area contributed by atoms with Crippen molar-refractivity contribution in [2.75, 3.05) is 0 Å². The molecule has 0 saturated heterocycles. The Labute approximate surface area is 115 Å². The number of hydrogen-bond donors (Lipinski definition) is 1. The number of phenolic OH excluding ortho intramolecular Hbond substituents is 1. The van der Waals surface area contributed by atoms with Crippen LogP contribution in [-0.2, 0) is 0 Å². The molecular formula is C15H14BrNO. The molecule has 0 aliphatic rings. The highest BCUT2D eigenvalue weighted by Crippen LogP contribution is 2.23. The molecule has 2 aromatic carbocycles. The summed E-state index contributed by atoms with van der Waals surface area (Å²) in [5.41, 5.74) is 3.59. The Kier molecular flexibility index (Phi) is 3.82. The van der Waals surface area contributed by atoms with Crippen LogP contribution in [0.2, 0.25) is 0 Å². The maximum atomic E-state index is 9.95. The van der Waals surface area contributed by atoms with Crippen LogP contribution in [0.25, 0.3) is 0 Å². The van der Waals surface area contributed by atoms with Crippen molar-refractivity contribution >= 4 is 27.8 Å². The number of aromatic hydroxyl groups is 1. The zero-order chi connectivity index (χ0) is 13.1. The van der Waals surface area contributed by atoms with Crippen LogP contribution in [0.4, 0.5) is 5.69 Å². The Bertz CT molecular complexity index is 588. The number of phenols is 1. The van der Waals surface area contributed by atoms with Crippen LogP contribution in [0.3, 0.4) is 0 Å². The first-order chi connectivity index (χ1) is 8.56. The van der Waals surface area contributed by atoms with Crippen LogP contribution in [0.1, 0.15) is 16.7 Å². The first-order valence-corrected chi connectivity index (χ1v) is 6.45. The van der Waals surface area contributed by atoms with Gasteiger partial charge < -0.3 is 5.11 Å². The van der Waals surface area contributed by atoms with Gasteiger partial charge in [0.2, 0.25) is 0 Å². The predicted molar refractivity (Wildman–Crippen MR) is 79.0 cm³/mol. The predicted octanol–water partition coefficient (Wildman–Crippen LogP) is 4.52. The fourth-order valence-corrected chi connectivity index (χ4v) is 2.03. The molecule has 2 rings (SSSR count). The van der Waals surface area contributed by atoms with Crippen molar-refractivity contribution in [2.45, 2.75) is 13.8 Å². The van der Waals surface area contributed by atoms with Crippen LogP contribution >= 0.6 is 15.9 Å². The summed E-state index contributed by atoms with van der Waals surface area (Å²) in [6.07, 6.45) is 1.69. The highest BCUT2D eigenvalue weighted by atomic mass is 79.9. The number of nitrogens with zero attached hydrogens (tertiary/aromatic N) is 1. The van der Waals surface area contributed by atoms with Crippen molar-refractivity contribution in [3.8, 4) is 5.75 Å². The van der Waals surface area contributed by atoms with E-state index in [1.807, 2.05) is 50.2 Å². The summed E-state index contributed by atoms with van der Waals surface area (Å²) in [7, 11) is 0. The van der Waals surface area contributed by atoms with Gasteiger partial charge >= 0.3 is 0 Å². The first kappa shape index (κ1) is 12.8. The summed E-state index contributed by atoms with van der Waals surface area (Å²) in [5.74, 6) is 0.293. The van der Waals surface area contributed by atoms with Gasteiger partial charge in [0.1, 0.15) is 5.75 Å². The van der Waals surface area contributed by atoms with E-state index in [4.69, 9.17) is 0 Å². The highest BCUT2D eigenvalue weighted by Gasteiger charge is 2.03. The van der Waals surface area contributed by atoms with Crippen LogP contribution in [0, 0.1) is 13.8 Å². The van der Waals surface area contributed by atoms with E-state index in [1.165, 1.54) is 0 Å². The second-order valence-corrected chi connectivity index (χ2v) is 5.17. The molecule has 0 saturated carbocycles. The lowest BCUT2D eigenvalue weighted by Gasteiger charge is -2.04. The van der Waals surface area contributed by atoms with E-state index in [-0.39, 0.29) is 0 Å². The molecule has 0 atom stereocenters. The highest BCUT2D eigenvalue weighted by molar-refractivity contribution is 9.10. The number of hydrogen-bond acceptors (Lipinski definition) is 2. The minimum absolute atomic E-state index is 0.293. The monoisotopic (exact) mass is 303 g/mol. The molecule has 0 amide bonds. The minimum Gasteiger partial charge on any atom is -0.507 e. The Morgan fingerprint density at radius 2 is 1.78 bits per heavy atom. The minimum atomic E-state index is 0.293. The van der Waals surface area contributed by atoms with Crippen molar-refractivity contribution in [1.29, 1.82) is 0 Å². The van der Waals surface area contributed by atoms with Crippen molar-refractivity contribution in [2.24, 2.45) is 4.99 Å². The molecule has 0 unspecified atom stereocenters. The Hall–Kier alpha value is -1.61. The number of aliphatic imine (C=N–C) groups is 1. The molecule has 3 heteroatoms. The maximum Gasteiger partial charge on any atom is 0.127 e. The molecule has 0 spiro atoms. The fourth-order valence-electron chi connectivity index (χ4n) is 1.76. The molecule has 2 nitrogen and oxygen atoms in total. The van der Waals surface area contributed by atoms with E-state index in [1.54, 1.807) is 6.21 Å². The van der Waals surface area contributed by atoms with Crippen molar-refractivity contribution in [3.63, 3.8) is 0 Å². The van der Waals surface area contributed by atoms with E-state index < -0.39 is 0 Å². The normalized spacial score (nSPS) is 11.1. The fraction of sp³-hybridized carbons (Fsp3) is 0.133. The van der Waals surface area contributed by atoms with Crippen molar-refractivity contribution in [1.82, 2.24) is 0 Å². The molecule has 92 valence electrons. The van der Waals surface area contributed by atoms with Gasteiger partial charge in [-0.2, -0.15) is 0 Å². The third-order valence-corrected chi connectivity index (χ3v) is 3.18. The van der Waals surface area contributed by atoms with Gasteiger partial charge in [-0.15, -0.1) is 0 Å². The van der Waals surface area contributed by atoms with Gasteiger partial charge in [-0.05, 0) is 55.3 Å². The van der Waals surface area contributed by atoms with Crippen LogP contribution in [0.15, 0.2) is 45.9 Å². The maximum absolute atomic E-state index is 9.95. The standard InChI is InChI=1S/C15H14BrNO/c1-10-7-11(2)15(18)12(8-10)9-17-14-5-3-13(16)4-6-14/h3-9,18H,1-2H3. The number of rotatable bonds is 2. The quantitative estimate of drug-likeness (QED) is 0.813. The van der Waals surface area contributed by atoms with E-state index in [9.17, 15) is 5.11 Å². The van der Waals surface area contributed by atoms with Gasteiger partial charge in [0, 0.05) is 16.3 Å². The number of aryl methyl sites for hydroxylation is 2. The molecule has 18 heavy (non-hydrogen) atoms. The van der Waals surface area contributed by atoms with Gasteiger partial charge in [0.15, 0.2) is 0 Å². The lowest BCUT2D eigenvalue weighted by atomic mass is 10.1. The smallest absolute Gasteiger partial charge is 0.127 e. The summed E-state index contributed by atoms with van der Waals surface area (Å²) < 4.78 is 1.02. The zero-order valence-corrected chi connectivity index (χ0v) is 11.9. The van der Waals surface area contributed by atoms with Gasteiger partial charge in [-0.3, -0.25) is 4.99 Å². The summed E-state index contributed by atoms with van der Waals surface area (Å²) in [5, 5.41) is 9.95. The topological polar surface area (TPSA) is 32.6 Å². The average Bonchev–Trinajstić information content (AvgIpc) is 2.34. The van der Waals surface area contributed by atoms with Gasteiger partial charge in [-0.1, -0.05) is 22.0 Å². The van der Waals surface area contributed by atoms with Gasteiger partial charge in [0.05, 0.1) is 5.69 Å². The Balaban J connectivity index is 2.31. The lowest BCUT2D eigenvalue weighted by molar-refractivity contribution is 0.470. The molecule has 0 heterocycles. The molecule has 0 radical (unpaired) electrons. The molecule has 0 bridgehead atoms. The summed E-state index contributed by atoms with van der Waals surface area (Å²) in [6.45, 7) is 3.89. The molecular weight excluding hydrogens is 290 g/mol. The second kappa shape index (κ2) is 5.36. The van der Waals surface area contributed by atoms with E-state index >= 15 is 0 Å². The van der Waals surface area contributed by atoms with Crippen LogP contribution < -0.4 is 0 Å². The summed E-state index contributed by atoms with van der Waals surface area (Å²) in [6, 6.07) is 11.6. The first-order valence-electron chi connectivity index (χ1n) is 5.66. The Morgan fingerprint density at radius 1 is 1.11 bits per heavy atom. The largest absolute Gasteiger partial charge is 0.507 e. The second-order valence-electron chi connectivity index (χ2n) is 4.25. The van der Waals surface area contributed by atoms with Crippen molar-refractivity contribution in [3.05, 3.63) is 57.6 Å². The van der Waals surface area contributed by atoms with Gasteiger partial charge in [-0.25, -0.2) is 0 Å². The van der Waals surface area contributed by atoms with Crippen LogP contribution in [-0.4, -0.2) is 11.3 Å². The average molecular weight is 304 g/mol. The van der Waals surface area contributed by atoms with E-state index in [0.717, 1.165) is 26.9 Å². The number of benzene rings is 2. The molecule has 2 aromatic rings. The SMILES string of the molecule is Cc1cc(C)c(O)c(C=Nc2ccc(Br)cc2)c1. The zero-order valence-electron chi connectivity index (χ0n) is 10.3. The van der Waals surface area contributed by atoms with Crippen molar-refractivity contribution < 1.29 is 5.11 Å². The number of halogens is 1. The molecule has 0 aliphatic heterocycles. The summed E-state index contributed by atoms with van der Waals surface area (Å²) >= 11 is 3.38.